The van der Waals surface area contributed by atoms with Crippen LogP contribution in [0.15, 0.2) is 47.0 Å². The van der Waals surface area contributed by atoms with Crippen LogP contribution >= 0.6 is 23.2 Å². The van der Waals surface area contributed by atoms with Crippen LogP contribution in [0.25, 0.3) is 11.4 Å². The number of benzene rings is 2. The fourth-order valence-electron chi connectivity index (χ4n) is 1.99. The van der Waals surface area contributed by atoms with Gasteiger partial charge < -0.3 is 15.0 Å². The predicted molar refractivity (Wildman–Crippen MR) is 89.7 cm³/mol. The number of nitrogens with zero attached hydrogens (tertiary/aromatic N) is 2. The van der Waals surface area contributed by atoms with E-state index in [9.17, 15) is 4.79 Å². The quantitative estimate of drug-likeness (QED) is 0.556. The molecule has 0 radical (unpaired) electrons. The molecule has 0 bridgehead atoms. The minimum atomic E-state index is -0.610. The van der Waals surface area contributed by atoms with Crippen LogP contribution in [-0.2, 0) is 11.3 Å². The van der Waals surface area contributed by atoms with Crippen LogP contribution in [0.1, 0.15) is 16.2 Å². The zero-order valence-corrected chi connectivity index (χ0v) is 13.7. The van der Waals surface area contributed by atoms with E-state index < -0.39 is 5.97 Å². The zero-order chi connectivity index (χ0) is 17.1. The highest BCUT2D eigenvalue weighted by molar-refractivity contribution is 6.33. The summed E-state index contributed by atoms with van der Waals surface area (Å²) >= 11 is 11.9. The van der Waals surface area contributed by atoms with Gasteiger partial charge in [0, 0.05) is 16.3 Å². The molecule has 3 aromatic rings. The van der Waals surface area contributed by atoms with Gasteiger partial charge in [0.1, 0.15) is 0 Å². The van der Waals surface area contributed by atoms with E-state index in [-0.39, 0.29) is 23.7 Å². The molecule has 24 heavy (non-hydrogen) atoms. The van der Waals surface area contributed by atoms with Crippen molar-refractivity contribution in [2.24, 2.45) is 0 Å². The van der Waals surface area contributed by atoms with Gasteiger partial charge in [-0.2, -0.15) is 4.98 Å². The lowest BCUT2D eigenvalue weighted by Crippen LogP contribution is -2.08. The van der Waals surface area contributed by atoms with Crippen molar-refractivity contribution in [2.45, 2.75) is 6.61 Å². The van der Waals surface area contributed by atoms with E-state index in [1.807, 2.05) is 0 Å². The summed E-state index contributed by atoms with van der Waals surface area (Å²) in [4.78, 5) is 16.2. The summed E-state index contributed by atoms with van der Waals surface area (Å²) in [6, 6.07) is 11.6. The zero-order valence-electron chi connectivity index (χ0n) is 12.2. The molecule has 0 spiro atoms. The lowest BCUT2D eigenvalue weighted by Gasteiger charge is -2.05. The van der Waals surface area contributed by atoms with Gasteiger partial charge in [-0.25, -0.2) is 4.79 Å². The summed E-state index contributed by atoms with van der Waals surface area (Å²) in [5.74, 6) is -0.148. The Bertz CT molecular complexity index is 896. The molecule has 122 valence electrons. The highest BCUT2D eigenvalue weighted by atomic mass is 35.5. The number of ether oxygens (including phenoxy) is 1. The third kappa shape index (κ3) is 3.50. The van der Waals surface area contributed by atoms with Gasteiger partial charge in [-0.05, 0) is 30.3 Å². The molecule has 2 aromatic carbocycles. The number of rotatable bonds is 4. The lowest BCUT2D eigenvalue weighted by atomic mass is 10.2. The number of halogens is 2. The number of hydrogen-bond acceptors (Lipinski definition) is 6. The molecule has 1 heterocycles. The van der Waals surface area contributed by atoms with E-state index in [1.54, 1.807) is 30.3 Å². The third-order valence-electron chi connectivity index (χ3n) is 3.14. The minimum Gasteiger partial charge on any atom is -0.452 e. The molecule has 0 atom stereocenters. The molecule has 0 amide bonds. The Morgan fingerprint density at radius 2 is 2.00 bits per heavy atom. The maximum Gasteiger partial charge on any atom is 0.340 e. The SMILES string of the molecule is Nc1cc(Cl)ccc1C(=O)OCc1nc(-c2ccccc2Cl)no1. The Balaban J connectivity index is 1.69. The molecule has 0 aliphatic rings. The standard InChI is InChI=1S/C16H11Cl2N3O3/c17-9-5-6-11(13(19)7-9)16(22)23-8-14-20-15(21-24-14)10-3-1-2-4-12(10)18/h1-7H,8,19H2. The summed E-state index contributed by atoms with van der Waals surface area (Å²) in [5.41, 5.74) is 6.81. The number of carbonyl (C=O) groups is 1. The number of anilines is 1. The van der Waals surface area contributed by atoms with Crippen molar-refractivity contribution >= 4 is 34.9 Å². The number of hydrogen-bond donors (Lipinski definition) is 1. The number of carbonyl (C=O) groups excluding carboxylic acids is 1. The smallest absolute Gasteiger partial charge is 0.340 e. The van der Waals surface area contributed by atoms with Gasteiger partial charge in [-0.15, -0.1) is 0 Å². The highest BCUT2D eigenvalue weighted by Crippen LogP contribution is 2.25. The first-order chi connectivity index (χ1) is 11.5. The van der Waals surface area contributed by atoms with Gasteiger partial charge in [0.2, 0.25) is 5.82 Å². The molecule has 2 N–H and O–H groups in total. The fourth-order valence-corrected chi connectivity index (χ4v) is 2.39. The first kappa shape index (κ1) is 16.3. The highest BCUT2D eigenvalue weighted by Gasteiger charge is 2.15. The molecule has 1 aromatic heterocycles. The van der Waals surface area contributed by atoms with Crippen molar-refractivity contribution in [3.63, 3.8) is 0 Å². The Kier molecular flexibility index (Phi) is 4.69. The summed E-state index contributed by atoms with van der Waals surface area (Å²) in [6.07, 6.45) is 0. The van der Waals surface area contributed by atoms with E-state index in [0.717, 1.165) is 0 Å². The third-order valence-corrected chi connectivity index (χ3v) is 3.71. The second-order valence-corrected chi connectivity index (χ2v) is 5.64. The van der Waals surface area contributed by atoms with Gasteiger partial charge >= 0.3 is 5.97 Å². The molecule has 0 fully saturated rings. The number of nitrogens with two attached hydrogens (primary N) is 1. The molecule has 3 rings (SSSR count). The molecular weight excluding hydrogens is 353 g/mol. The van der Waals surface area contributed by atoms with Crippen molar-refractivity contribution in [1.29, 1.82) is 0 Å². The molecule has 0 aliphatic heterocycles. The van der Waals surface area contributed by atoms with Gasteiger partial charge in [0.15, 0.2) is 6.61 Å². The molecule has 0 aliphatic carbocycles. The van der Waals surface area contributed by atoms with Crippen molar-refractivity contribution in [1.82, 2.24) is 10.1 Å². The van der Waals surface area contributed by atoms with E-state index in [0.29, 0.717) is 21.4 Å². The average Bonchev–Trinajstić information content (AvgIpc) is 3.02. The fraction of sp³-hybridized carbons (Fsp3) is 0.0625. The maximum absolute atomic E-state index is 12.0. The Morgan fingerprint density at radius 3 is 2.75 bits per heavy atom. The van der Waals surface area contributed by atoms with Gasteiger partial charge in [0.05, 0.1) is 10.6 Å². The van der Waals surface area contributed by atoms with Crippen molar-refractivity contribution < 1.29 is 14.1 Å². The maximum atomic E-state index is 12.0. The van der Waals surface area contributed by atoms with Crippen LogP contribution in [0.5, 0.6) is 0 Å². The molecular formula is C16H11Cl2N3O3. The second-order valence-electron chi connectivity index (χ2n) is 4.80. The predicted octanol–water partition coefficient (Wildman–Crippen LogP) is 3.98. The molecule has 8 heteroatoms. The van der Waals surface area contributed by atoms with E-state index in [2.05, 4.69) is 10.1 Å². The molecule has 0 unspecified atom stereocenters. The van der Waals surface area contributed by atoms with Gasteiger partial charge in [0.25, 0.3) is 5.89 Å². The van der Waals surface area contributed by atoms with Gasteiger partial charge in [-0.3, -0.25) is 0 Å². The summed E-state index contributed by atoms with van der Waals surface area (Å²) in [7, 11) is 0. The van der Waals surface area contributed by atoms with Crippen molar-refractivity contribution in [3.8, 4) is 11.4 Å². The Hall–Kier alpha value is -2.57. The molecule has 0 saturated carbocycles. The van der Waals surface area contributed by atoms with Crippen LogP contribution < -0.4 is 5.73 Å². The number of nitrogen functional groups attached to an aromatic ring is 1. The van der Waals surface area contributed by atoms with Crippen molar-refractivity contribution in [3.05, 3.63) is 64.0 Å². The second kappa shape index (κ2) is 6.90. The van der Waals surface area contributed by atoms with E-state index in [1.165, 1.54) is 12.1 Å². The summed E-state index contributed by atoms with van der Waals surface area (Å²) in [5, 5.41) is 4.75. The first-order valence-corrected chi connectivity index (χ1v) is 7.60. The van der Waals surface area contributed by atoms with E-state index in [4.69, 9.17) is 38.2 Å². The average molecular weight is 364 g/mol. The Morgan fingerprint density at radius 1 is 1.21 bits per heavy atom. The van der Waals surface area contributed by atoms with Crippen LogP contribution in [0, 0.1) is 0 Å². The van der Waals surface area contributed by atoms with Crippen LogP contribution in [0.2, 0.25) is 10.0 Å². The lowest BCUT2D eigenvalue weighted by molar-refractivity contribution is 0.0431. The van der Waals surface area contributed by atoms with Crippen LogP contribution in [0.3, 0.4) is 0 Å². The van der Waals surface area contributed by atoms with Crippen LogP contribution in [0.4, 0.5) is 5.69 Å². The first-order valence-electron chi connectivity index (χ1n) is 6.84. The molecule has 0 saturated heterocycles. The summed E-state index contributed by atoms with van der Waals surface area (Å²) < 4.78 is 10.2. The monoisotopic (exact) mass is 363 g/mol. The number of esters is 1. The van der Waals surface area contributed by atoms with Gasteiger partial charge in [-0.1, -0.05) is 40.5 Å². The van der Waals surface area contributed by atoms with E-state index >= 15 is 0 Å². The van der Waals surface area contributed by atoms with Crippen molar-refractivity contribution in [2.75, 3.05) is 5.73 Å². The largest absolute Gasteiger partial charge is 0.452 e. The normalized spacial score (nSPS) is 10.6. The topological polar surface area (TPSA) is 91.2 Å². The summed E-state index contributed by atoms with van der Waals surface area (Å²) in [6.45, 7) is -0.182. The minimum absolute atomic E-state index is 0.144. The number of aromatic nitrogens is 2. The molecule has 6 nitrogen and oxygen atoms in total. The Labute approximate surface area is 147 Å². The van der Waals surface area contributed by atoms with Crippen LogP contribution in [-0.4, -0.2) is 16.1 Å².